The minimum atomic E-state index is -4.77. The van der Waals surface area contributed by atoms with Gasteiger partial charge in [0.25, 0.3) is 11.8 Å². The Kier molecular flexibility index (Phi) is 6.82. The van der Waals surface area contributed by atoms with Gasteiger partial charge in [-0.3, -0.25) is 9.59 Å². The molecule has 4 aromatic rings. The van der Waals surface area contributed by atoms with Crippen LogP contribution in [-0.4, -0.2) is 39.0 Å². The van der Waals surface area contributed by atoms with E-state index >= 15 is 0 Å². The van der Waals surface area contributed by atoms with Gasteiger partial charge in [0.05, 0.1) is 27.6 Å². The Bertz CT molecular complexity index is 1480. The number of amides is 2. The monoisotopic (exact) mass is 537 g/mol. The molecule has 36 heavy (non-hydrogen) atoms. The molecule has 2 amide bonds. The molecular weight excluding hydrogens is 519 g/mol. The first kappa shape index (κ1) is 25.3. The number of fused-ring (bicyclic) bond motifs is 1. The highest BCUT2D eigenvalue weighted by molar-refractivity contribution is 7.18. The molecule has 0 saturated carbocycles. The lowest BCUT2D eigenvalue weighted by Crippen LogP contribution is -2.17. The van der Waals surface area contributed by atoms with Crippen LogP contribution >= 0.6 is 22.7 Å². The summed E-state index contributed by atoms with van der Waals surface area (Å²) in [7, 11) is 0. The Morgan fingerprint density at radius 2 is 2.00 bits per heavy atom. The van der Waals surface area contributed by atoms with E-state index in [0.29, 0.717) is 15.8 Å². The third-order valence-corrected chi connectivity index (χ3v) is 7.08. The van der Waals surface area contributed by atoms with Crippen LogP contribution in [0.1, 0.15) is 55.1 Å². The molecule has 0 atom stereocenters. The Hall–Kier alpha value is -3.78. The highest BCUT2D eigenvalue weighted by atomic mass is 32.1. The number of esters is 1. The number of hydrogen-bond acceptors (Lipinski definition) is 8. The van der Waals surface area contributed by atoms with Crippen molar-refractivity contribution in [3.8, 4) is 10.6 Å². The van der Waals surface area contributed by atoms with Gasteiger partial charge in [0, 0.05) is 6.07 Å². The van der Waals surface area contributed by atoms with Crippen molar-refractivity contribution in [1.29, 1.82) is 0 Å². The number of halogens is 3. The number of nitrogens with two attached hydrogens (primary N) is 1. The summed E-state index contributed by atoms with van der Waals surface area (Å²) >= 11 is 1.97. The van der Waals surface area contributed by atoms with Gasteiger partial charge in [-0.2, -0.15) is 18.3 Å². The number of anilines is 1. The average Bonchev–Trinajstić information content (AvgIpc) is 3.54. The van der Waals surface area contributed by atoms with E-state index in [2.05, 4.69) is 15.4 Å². The summed E-state index contributed by atoms with van der Waals surface area (Å²) in [6, 6.07) is 5.27. The minimum Gasteiger partial charge on any atom is -0.462 e. The molecule has 0 spiro atoms. The molecule has 0 aliphatic rings. The van der Waals surface area contributed by atoms with Crippen LogP contribution in [0.4, 0.5) is 18.2 Å². The summed E-state index contributed by atoms with van der Waals surface area (Å²) in [6.07, 6.45) is -4.23. The Labute approximate surface area is 209 Å². The summed E-state index contributed by atoms with van der Waals surface area (Å²) < 4.78 is 47.0. The van der Waals surface area contributed by atoms with E-state index in [0.717, 1.165) is 23.5 Å². The second kappa shape index (κ2) is 9.70. The fourth-order valence-corrected chi connectivity index (χ4v) is 5.08. The van der Waals surface area contributed by atoms with Gasteiger partial charge in [0.1, 0.15) is 5.00 Å². The van der Waals surface area contributed by atoms with Crippen LogP contribution < -0.4 is 11.1 Å². The third kappa shape index (κ3) is 4.81. The van der Waals surface area contributed by atoms with Gasteiger partial charge in [-0.1, -0.05) is 13.0 Å². The van der Waals surface area contributed by atoms with Gasteiger partial charge in [0.15, 0.2) is 17.0 Å². The molecule has 4 heterocycles. The van der Waals surface area contributed by atoms with Crippen LogP contribution in [0.3, 0.4) is 0 Å². The number of primary amides is 1. The molecule has 0 aromatic carbocycles. The molecule has 0 unspecified atom stereocenters. The normalized spacial score (nSPS) is 11.6. The van der Waals surface area contributed by atoms with E-state index < -0.39 is 29.7 Å². The second-order valence-electron chi connectivity index (χ2n) is 7.52. The molecule has 0 radical (unpaired) electrons. The summed E-state index contributed by atoms with van der Waals surface area (Å²) in [5.74, 6) is -2.49. The van der Waals surface area contributed by atoms with Crippen LogP contribution in [0, 0.1) is 6.92 Å². The molecule has 0 bridgehead atoms. The van der Waals surface area contributed by atoms with Crippen LogP contribution in [0.25, 0.3) is 16.2 Å². The summed E-state index contributed by atoms with van der Waals surface area (Å²) in [6.45, 7) is 3.38. The quantitative estimate of drug-likeness (QED) is 0.327. The van der Waals surface area contributed by atoms with E-state index in [1.54, 1.807) is 24.4 Å². The maximum absolute atomic E-state index is 13.8. The van der Waals surface area contributed by atoms with Crippen molar-refractivity contribution < 1.29 is 32.3 Å². The molecule has 3 N–H and O–H groups in total. The smallest absolute Gasteiger partial charge is 0.433 e. The van der Waals surface area contributed by atoms with Crippen molar-refractivity contribution >= 4 is 51.1 Å². The second-order valence-corrected chi connectivity index (χ2v) is 9.48. The van der Waals surface area contributed by atoms with Gasteiger partial charge < -0.3 is 15.8 Å². The fourth-order valence-electron chi connectivity index (χ4n) is 3.35. The van der Waals surface area contributed by atoms with Crippen molar-refractivity contribution in [3.05, 3.63) is 57.0 Å². The van der Waals surface area contributed by atoms with E-state index in [9.17, 15) is 27.6 Å². The number of ether oxygens (including phenoxy) is 1. The zero-order valence-electron chi connectivity index (χ0n) is 18.8. The van der Waals surface area contributed by atoms with E-state index in [-0.39, 0.29) is 44.6 Å². The van der Waals surface area contributed by atoms with Gasteiger partial charge in [-0.15, -0.1) is 22.7 Å². The minimum absolute atomic E-state index is 0.0327. The van der Waals surface area contributed by atoms with Crippen molar-refractivity contribution in [2.75, 3.05) is 11.9 Å². The summed E-state index contributed by atoms with van der Waals surface area (Å²) in [5, 5.41) is 7.93. The number of aromatic nitrogens is 3. The standard InChI is InChI=1S/C22H18F3N5O4S2/c1-3-6-34-21(33)16-10(2)17(18(26)31)36-20(16)28-19(32)12-9-15-27-11(13-5-4-7-35-13)8-14(22(23,24)25)30(15)29-12/h4-5,7-9H,3,6H2,1-2H3,(H2,26,31)(H,28,32). The number of thiophene rings is 2. The molecule has 9 nitrogen and oxygen atoms in total. The number of carbonyl (C=O) groups excluding carboxylic acids is 3. The van der Waals surface area contributed by atoms with Crippen molar-refractivity contribution in [1.82, 2.24) is 14.6 Å². The van der Waals surface area contributed by atoms with Crippen LogP contribution in [0.2, 0.25) is 0 Å². The molecular formula is C22H18F3N5O4S2. The zero-order chi connectivity index (χ0) is 26.2. The van der Waals surface area contributed by atoms with Gasteiger partial charge in [-0.25, -0.2) is 14.3 Å². The van der Waals surface area contributed by atoms with Crippen LogP contribution in [-0.2, 0) is 10.9 Å². The molecule has 0 aliphatic heterocycles. The number of hydrogen-bond donors (Lipinski definition) is 2. The first-order chi connectivity index (χ1) is 17.0. The molecule has 0 saturated heterocycles. The fraction of sp³-hybridized carbons (Fsp3) is 0.227. The zero-order valence-corrected chi connectivity index (χ0v) is 20.4. The van der Waals surface area contributed by atoms with E-state index in [1.165, 1.54) is 18.3 Å². The summed E-state index contributed by atoms with van der Waals surface area (Å²) in [4.78, 5) is 42.1. The SMILES string of the molecule is CCCOC(=O)c1c(NC(=O)c2cc3nc(-c4cccs4)cc(C(F)(F)F)n3n2)sc(C(N)=O)c1C. The van der Waals surface area contributed by atoms with Crippen molar-refractivity contribution in [2.24, 2.45) is 5.73 Å². The molecule has 14 heteroatoms. The first-order valence-electron chi connectivity index (χ1n) is 10.4. The van der Waals surface area contributed by atoms with Gasteiger partial charge in [0.2, 0.25) is 0 Å². The molecule has 0 fully saturated rings. The van der Waals surface area contributed by atoms with E-state index in [4.69, 9.17) is 10.5 Å². The molecule has 4 aromatic heterocycles. The largest absolute Gasteiger partial charge is 0.462 e. The maximum Gasteiger partial charge on any atom is 0.433 e. The maximum atomic E-state index is 13.8. The lowest BCUT2D eigenvalue weighted by molar-refractivity contribution is -0.142. The highest BCUT2D eigenvalue weighted by Crippen LogP contribution is 2.35. The predicted octanol–water partition coefficient (Wildman–Crippen LogP) is 4.76. The highest BCUT2D eigenvalue weighted by Gasteiger charge is 2.36. The lowest BCUT2D eigenvalue weighted by atomic mass is 10.1. The van der Waals surface area contributed by atoms with Gasteiger partial charge in [-0.05, 0) is 36.4 Å². The number of alkyl halides is 3. The van der Waals surface area contributed by atoms with Gasteiger partial charge >= 0.3 is 12.1 Å². The average molecular weight is 538 g/mol. The Balaban J connectivity index is 1.75. The van der Waals surface area contributed by atoms with Crippen molar-refractivity contribution in [3.63, 3.8) is 0 Å². The third-order valence-electron chi connectivity index (χ3n) is 4.96. The van der Waals surface area contributed by atoms with Crippen LogP contribution in [0.5, 0.6) is 0 Å². The summed E-state index contributed by atoms with van der Waals surface area (Å²) in [5.41, 5.74) is 3.94. The first-order valence-corrected chi connectivity index (χ1v) is 12.1. The lowest BCUT2D eigenvalue weighted by Gasteiger charge is -2.10. The number of rotatable bonds is 7. The van der Waals surface area contributed by atoms with Crippen molar-refractivity contribution in [2.45, 2.75) is 26.4 Å². The molecule has 4 rings (SSSR count). The van der Waals surface area contributed by atoms with Crippen LogP contribution in [0.15, 0.2) is 29.6 Å². The number of carbonyl (C=O) groups is 3. The predicted molar refractivity (Wildman–Crippen MR) is 127 cm³/mol. The Morgan fingerprint density at radius 3 is 2.61 bits per heavy atom. The molecule has 188 valence electrons. The molecule has 0 aliphatic carbocycles. The topological polar surface area (TPSA) is 129 Å². The Morgan fingerprint density at radius 1 is 1.25 bits per heavy atom. The number of nitrogens with zero attached hydrogens (tertiary/aromatic N) is 3. The van der Waals surface area contributed by atoms with E-state index in [1.807, 2.05) is 0 Å². The number of nitrogens with one attached hydrogen (secondary N) is 1.